The molecule has 2 aromatic rings. The molecule has 0 bridgehead atoms. The van der Waals surface area contributed by atoms with Gasteiger partial charge in [0, 0.05) is 12.3 Å². The minimum absolute atomic E-state index is 0.198. The highest BCUT2D eigenvalue weighted by molar-refractivity contribution is 9.10. The zero-order valence-corrected chi connectivity index (χ0v) is 11.5. The van der Waals surface area contributed by atoms with Crippen LogP contribution in [0.15, 0.2) is 17.0 Å². The molecule has 0 radical (unpaired) electrons. The SMILES string of the molecule is COc1ccnc(Cn2nc(N)nc2Br)c1OC. The van der Waals surface area contributed by atoms with Gasteiger partial charge in [-0.3, -0.25) is 4.98 Å². The highest BCUT2D eigenvalue weighted by atomic mass is 79.9. The van der Waals surface area contributed by atoms with Gasteiger partial charge in [-0.2, -0.15) is 4.98 Å². The second kappa shape index (κ2) is 5.21. The van der Waals surface area contributed by atoms with E-state index in [1.54, 1.807) is 31.2 Å². The predicted octanol–water partition coefficient (Wildman–Crippen LogP) is 1.08. The predicted molar refractivity (Wildman–Crippen MR) is 68.6 cm³/mol. The molecule has 0 atom stereocenters. The first-order valence-electron chi connectivity index (χ1n) is 5.07. The second-order valence-electron chi connectivity index (χ2n) is 3.39. The van der Waals surface area contributed by atoms with Crippen LogP contribution in [0.2, 0.25) is 0 Å². The number of aromatic nitrogens is 4. The summed E-state index contributed by atoms with van der Waals surface area (Å²) in [5.74, 6) is 1.39. The van der Waals surface area contributed by atoms with Gasteiger partial charge in [0.05, 0.1) is 20.8 Å². The molecular formula is C10H12BrN5O2. The molecule has 2 aromatic heterocycles. The van der Waals surface area contributed by atoms with Crippen molar-refractivity contribution in [3.05, 3.63) is 22.7 Å². The third-order valence-electron chi connectivity index (χ3n) is 2.31. The molecule has 2 rings (SSSR count). The first-order chi connectivity index (χ1) is 8.65. The largest absolute Gasteiger partial charge is 0.493 e. The van der Waals surface area contributed by atoms with E-state index in [1.807, 2.05) is 0 Å². The number of nitrogens with two attached hydrogens (primary N) is 1. The molecule has 0 saturated heterocycles. The molecule has 0 saturated carbocycles. The number of hydrogen-bond acceptors (Lipinski definition) is 6. The Balaban J connectivity index is 2.37. The fraction of sp³-hybridized carbons (Fsp3) is 0.300. The number of ether oxygens (including phenoxy) is 2. The van der Waals surface area contributed by atoms with E-state index in [4.69, 9.17) is 15.2 Å². The maximum Gasteiger partial charge on any atom is 0.240 e. The lowest BCUT2D eigenvalue weighted by Gasteiger charge is -2.11. The van der Waals surface area contributed by atoms with Crippen LogP contribution >= 0.6 is 15.9 Å². The lowest BCUT2D eigenvalue weighted by atomic mass is 10.3. The van der Waals surface area contributed by atoms with Gasteiger partial charge in [0.25, 0.3) is 0 Å². The zero-order valence-electron chi connectivity index (χ0n) is 9.92. The third kappa shape index (κ3) is 2.37. The van der Waals surface area contributed by atoms with E-state index in [9.17, 15) is 0 Å². The molecule has 0 fully saturated rings. The Labute approximate surface area is 112 Å². The van der Waals surface area contributed by atoms with Gasteiger partial charge in [0.1, 0.15) is 5.69 Å². The molecule has 0 aliphatic rings. The number of methoxy groups -OCH3 is 2. The summed E-state index contributed by atoms with van der Waals surface area (Å²) in [4.78, 5) is 8.20. The molecule has 96 valence electrons. The van der Waals surface area contributed by atoms with Gasteiger partial charge in [-0.05, 0) is 15.9 Å². The van der Waals surface area contributed by atoms with E-state index >= 15 is 0 Å². The van der Waals surface area contributed by atoms with Crippen LogP contribution in [0.1, 0.15) is 5.69 Å². The molecule has 0 spiro atoms. The normalized spacial score (nSPS) is 10.4. The Morgan fingerprint density at radius 1 is 1.39 bits per heavy atom. The van der Waals surface area contributed by atoms with E-state index in [0.29, 0.717) is 28.5 Å². The van der Waals surface area contributed by atoms with Crippen LogP contribution in [0.25, 0.3) is 0 Å². The van der Waals surface area contributed by atoms with Crippen molar-refractivity contribution in [3.63, 3.8) is 0 Å². The molecule has 0 aliphatic heterocycles. The summed E-state index contributed by atoms with van der Waals surface area (Å²) < 4.78 is 12.6. The van der Waals surface area contributed by atoms with Crippen molar-refractivity contribution < 1.29 is 9.47 Å². The van der Waals surface area contributed by atoms with Gasteiger partial charge in [-0.15, -0.1) is 5.10 Å². The number of halogens is 1. The van der Waals surface area contributed by atoms with Crippen LogP contribution in [-0.4, -0.2) is 34.0 Å². The monoisotopic (exact) mass is 313 g/mol. The molecule has 8 heteroatoms. The maximum absolute atomic E-state index is 5.51. The molecular weight excluding hydrogens is 302 g/mol. The van der Waals surface area contributed by atoms with Crippen molar-refractivity contribution >= 4 is 21.9 Å². The van der Waals surface area contributed by atoms with Crippen molar-refractivity contribution in [3.8, 4) is 11.5 Å². The molecule has 0 unspecified atom stereocenters. The molecule has 0 aromatic carbocycles. The Morgan fingerprint density at radius 2 is 2.17 bits per heavy atom. The number of pyridine rings is 1. The number of nitrogen functional groups attached to an aromatic ring is 1. The summed E-state index contributed by atoms with van der Waals surface area (Å²) in [6.07, 6.45) is 1.64. The number of rotatable bonds is 4. The Kier molecular flexibility index (Phi) is 3.66. The Hall–Kier alpha value is -1.83. The minimum Gasteiger partial charge on any atom is -0.493 e. The second-order valence-corrected chi connectivity index (χ2v) is 4.10. The smallest absolute Gasteiger partial charge is 0.240 e. The number of nitrogens with zero attached hydrogens (tertiary/aromatic N) is 4. The van der Waals surface area contributed by atoms with Crippen molar-refractivity contribution in [1.29, 1.82) is 0 Å². The number of anilines is 1. The summed E-state index contributed by atoms with van der Waals surface area (Å²) in [6, 6.07) is 1.73. The van der Waals surface area contributed by atoms with Crippen LogP contribution in [-0.2, 0) is 6.54 Å². The van der Waals surface area contributed by atoms with Crippen molar-refractivity contribution in [1.82, 2.24) is 19.7 Å². The summed E-state index contributed by atoms with van der Waals surface area (Å²) >= 11 is 3.27. The van der Waals surface area contributed by atoms with Crippen molar-refractivity contribution in [2.45, 2.75) is 6.54 Å². The summed E-state index contributed by atoms with van der Waals surface area (Å²) in [5.41, 5.74) is 6.19. The topological polar surface area (TPSA) is 88.1 Å². The summed E-state index contributed by atoms with van der Waals surface area (Å²) in [5, 5.41) is 4.04. The van der Waals surface area contributed by atoms with Gasteiger partial charge >= 0.3 is 0 Å². The molecule has 2 heterocycles. The molecule has 0 aliphatic carbocycles. The zero-order chi connectivity index (χ0) is 13.1. The van der Waals surface area contributed by atoms with Crippen LogP contribution in [0.4, 0.5) is 5.95 Å². The summed E-state index contributed by atoms with van der Waals surface area (Å²) in [7, 11) is 3.14. The molecule has 0 amide bonds. The fourth-order valence-corrected chi connectivity index (χ4v) is 1.93. The van der Waals surface area contributed by atoms with E-state index in [0.717, 1.165) is 0 Å². The summed E-state index contributed by atoms with van der Waals surface area (Å²) in [6.45, 7) is 0.380. The Bertz CT molecular complexity index is 557. The lowest BCUT2D eigenvalue weighted by molar-refractivity contribution is 0.348. The van der Waals surface area contributed by atoms with Gasteiger partial charge in [-0.25, -0.2) is 4.68 Å². The maximum atomic E-state index is 5.51. The minimum atomic E-state index is 0.198. The molecule has 18 heavy (non-hydrogen) atoms. The highest BCUT2D eigenvalue weighted by Crippen LogP contribution is 2.29. The van der Waals surface area contributed by atoms with Gasteiger partial charge in [-0.1, -0.05) is 0 Å². The average Bonchev–Trinajstić information content (AvgIpc) is 2.67. The molecule has 2 N–H and O–H groups in total. The first-order valence-corrected chi connectivity index (χ1v) is 5.86. The fourth-order valence-electron chi connectivity index (χ4n) is 1.55. The molecule has 7 nitrogen and oxygen atoms in total. The van der Waals surface area contributed by atoms with Crippen molar-refractivity contribution in [2.75, 3.05) is 20.0 Å². The van der Waals surface area contributed by atoms with Crippen molar-refractivity contribution in [2.24, 2.45) is 0 Å². The average molecular weight is 314 g/mol. The standard InChI is InChI=1S/C10H12BrN5O2/c1-17-7-3-4-13-6(8(7)18-2)5-16-9(11)14-10(12)15-16/h3-4H,5H2,1-2H3,(H2,12,15). The lowest BCUT2D eigenvalue weighted by Crippen LogP contribution is -2.07. The van der Waals surface area contributed by atoms with Crippen LogP contribution in [0.5, 0.6) is 11.5 Å². The van der Waals surface area contributed by atoms with E-state index < -0.39 is 0 Å². The quantitative estimate of drug-likeness (QED) is 0.908. The van der Waals surface area contributed by atoms with E-state index in [-0.39, 0.29) is 5.95 Å². The van der Waals surface area contributed by atoms with Gasteiger partial charge < -0.3 is 15.2 Å². The Morgan fingerprint density at radius 3 is 2.72 bits per heavy atom. The van der Waals surface area contributed by atoms with E-state index in [2.05, 4.69) is 31.0 Å². The van der Waals surface area contributed by atoms with Crippen LogP contribution in [0, 0.1) is 0 Å². The highest BCUT2D eigenvalue weighted by Gasteiger charge is 2.14. The van der Waals surface area contributed by atoms with Gasteiger partial charge in [0.15, 0.2) is 16.2 Å². The first kappa shape index (κ1) is 12.6. The van der Waals surface area contributed by atoms with Gasteiger partial charge in [0.2, 0.25) is 5.95 Å². The van der Waals surface area contributed by atoms with Crippen LogP contribution < -0.4 is 15.2 Å². The third-order valence-corrected chi connectivity index (χ3v) is 2.90. The van der Waals surface area contributed by atoms with Crippen LogP contribution in [0.3, 0.4) is 0 Å². The number of hydrogen-bond donors (Lipinski definition) is 1. The van der Waals surface area contributed by atoms with E-state index in [1.165, 1.54) is 0 Å².